The van der Waals surface area contributed by atoms with Crippen molar-refractivity contribution in [3.05, 3.63) is 29.8 Å². The molecule has 1 N–H and O–H groups in total. The Bertz CT molecular complexity index is 754. The van der Waals surface area contributed by atoms with Crippen LogP contribution in [-0.4, -0.2) is 71.8 Å². The third-order valence-electron chi connectivity index (χ3n) is 5.87. The summed E-state index contributed by atoms with van der Waals surface area (Å²) < 4.78 is 0. The molecule has 3 heterocycles. The maximum atomic E-state index is 13.2. The molecule has 0 aromatic heterocycles. The van der Waals surface area contributed by atoms with Crippen LogP contribution in [0.25, 0.3) is 0 Å². The maximum Gasteiger partial charge on any atom is 0.327 e. The molecule has 3 aliphatic heterocycles. The fraction of sp³-hybridized carbons (Fsp3) is 0.600. The molecule has 0 aliphatic carbocycles. The Hall–Kier alpha value is -2.12. The standard InChI is InChI=1S/C20H29N5O2/c1-5-9-23-18(26)16-17(22(4)20(23)27)21-19-24(11-14(3)12-25(16)19)15-8-6-7-13(2)10-15/h6-8,10,14,16-17,19,21H,5,9,11-12H2,1-4H3. The molecule has 3 saturated heterocycles. The minimum Gasteiger partial charge on any atom is -0.343 e. The van der Waals surface area contributed by atoms with Gasteiger partial charge in [-0.25, -0.2) is 4.79 Å². The number of rotatable bonds is 3. The molecule has 1 aromatic carbocycles. The zero-order valence-corrected chi connectivity index (χ0v) is 16.6. The topological polar surface area (TPSA) is 59.1 Å². The number of benzene rings is 1. The minimum atomic E-state index is -0.334. The Morgan fingerprint density at radius 2 is 2.00 bits per heavy atom. The van der Waals surface area contributed by atoms with E-state index in [1.54, 1.807) is 11.9 Å². The number of amides is 3. The molecular formula is C20H29N5O2. The first-order chi connectivity index (χ1) is 12.9. The van der Waals surface area contributed by atoms with Crippen molar-refractivity contribution in [3.8, 4) is 0 Å². The molecule has 0 radical (unpaired) electrons. The van der Waals surface area contributed by atoms with Crippen LogP contribution in [0.15, 0.2) is 24.3 Å². The molecular weight excluding hydrogens is 342 g/mol. The van der Waals surface area contributed by atoms with Gasteiger partial charge in [0.25, 0.3) is 5.91 Å². The zero-order chi connectivity index (χ0) is 19.3. The van der Waals surface area contributed by atoms with E-state index >= 15 is 0 Å². The van der Waals surface area contributed by atoms with Crippen LogP contribution in [0.2, 0.25) is 0 Å². The van der Waals surface area contributed by atoms with Gasteiger partial charge in [-0.15, -0.1) is 0 Å². The predicted molar refractivity (Wildman–Crippen MR) is 104 cm³/mol. The number of carbonyl (C=O) groups is 2. The molecule has 7 heteroatoms. The smallest absolute Gasteiger partial charge is 0.327 e. The number of hydrogen-bond acceptors (Lipinski definition) is 5. The van der Waals surface area contributed by atoms with Crippen LogP contribution in [0, 0.1) is 12.8 Å². The van der Waals surface area contributed by atoms with Gasteiger partial charge in [-0.3, -0.25) is 19.9 Å². The summed E-state index contributed by atoms with van der Waals surface area (Å²) in [4.78, 5) is 33.6. The summed E-state index contributed by atoms with van der Waals surface area (Å²) in [6.45, 7) is 8.54. The van der Waals surface area contributed by atoms with Gasteiger partial charge in [0.15, 0.2) is 0 Å². The van der Waals surface area contributed by atoms with Crippen molar-refractivity contribution in [3.63, 3.8) is 0 Å². The first-order valence-electron chi connectivity index (χ1n) is 9.85. The first-order valence-corrected chi connectivity index (χ1v) is 9.85. The van der Waals surface area contributed by atoms with E-state index in [1.807, 2.05) is 6.92 Å². The number of nitrogens with zero attached hydrogens (tertiary/aromatic N) is 4. The molecule has 27 heavy (non-hydrogen) atoms. The Morgan fingerprint density at radius 3 is 2.70 bits per heavy atom. The van der Waals surface area contributed by atoms with E-state index in [-0.39, 0.29) is 30.4 Å². The van der Waals surface area contributed by atoms with E-state index < -0.39 is 0 Å². The normalized spacial score (nSPS) is 31.3. The van der Waals surface area contributed by atoms with E-state index in [0.717, 1.165) is 25.2 Å². The molecule has 0 saturated carbocycles. The number of nitrogens with one attached hydrogen (secondary N) is 1. The van der Waals surface area contributed by atoms with Crippen LogP contribution in [0.5, 0.6) is 0 Å². The van der Waals surface area contributed by atoms with Gasteiger partial charge in [0.05, 0.1) is 0 Å². The van der Waals surface area contributed by atoms with E-state index in [1.165, 1.54) is 10.5 Å². The molecule has 0 spiro atoms. The molecule has 146 valence electrons. The van der Waals surface area contributed by atoms with Crippen molar-refractivity contribution in [2.45, 2.75) is 45.7 Å². The van der Waals surface area contributed by atoms with Gasteiger partial charge in [-0.05, 0) is 37.0 Å². The van der Waals surface area contributed by atoms with Gasteiger partial charge in [0, 0.05) is 32.4 Å². The summed E-state index contributed by atoms with van der Waals surface area (Å²) >= 11 is 0. The summed E-state index contributed by atoms with van der Waals surface area (Å²) in [5, 5.41) is 3.57. The number of imide groups is 1. The van der Waals surface area contributed by atoms with Crippen LogP contribution in [-0.2, 0) is 4.79 Å². The molecule has 3 aliphatic rings. The number of anilines is 1. The summed E-state index contributed by atoms with van der Waals surface area (Å²) in [6, 6.07) is 7.92. The lowest BCUT2D eigenvalue weighted by molar-refractivity contribution is -0.138. The fourth-order valence-corrected chi connectivity index (χ4v) is 4.66. The van der Waals surface area contributed by atoms with Gasteiger partial charge in [0.1, 0.15) is 18.5 Å². The molecule has 3 amide bonds. The molecule has 0 bridgehead atoms. The summed E-state index contributed by atoms with van der Waals surface area (Å²) in [7, 11) is 1.79. The largest absolute Gasteiger partial charge is 0.343 e. The predicted octanol–water partition coefficient (Wildman–Crippen LogP) is 1.64. The first kappa shape index (κ1) is 18.3. The van der Waals surface area contributed by atoms with Crippen molar-refractivity contribution in [2.75, 3.05) is 31.6 Å². The van der Waals surface area contributed by atoms with Crippen molar-refractivity contribution >= 4 is 17.6 Å². The van der Waals surface area contributed by atoms with Gasteiger partial charge in [-0.2, -0.15) is 0 Å². The number of urea groups is 1. The van der Waals surface area contributed by atoms with Crippen LogP contribution in [0.3, 0.4) is 0 Å². The molecule has 4 unspecified atom stereocenters. The van der Waals surface area contributed by atoms with Crippen molar-refractivity contribution in [2.24, 2.45) is 5.92 Å². The number of carbonyl (C=O) groups excluding carboxylic acids is 2. The Labute approximate surface area is 160 Å². The van der Waals surface area contributed by atoms with E-state index in [0.29, 0.717) is 12.5 Å². The third kappa shape index (κ3) is 2.89. The Morgan fingerprint density at radius 1 is 1.22 bits per heavy atom. The van der Waals surface area contributed by atoms with Crippen LogP contribution < -0.4 is 10.2 Å². The van der Waals surface area contributed by atoms with Gasteiger partial charge < -0.3 is 9.80 Å². The fourth-order valence-electron chi connectivity index (χ4n) is 4.66. The lowest BCUT2D eigenvalue weighted by Crippen LogP contribution is -2.66. The molecule has 4 rings (SSSR count). The highest BCUT2D eigenvalue weighted by Gasteiger charge is 2.56. The highest BCUT2D eigenvalue weighted by atomic mass is 16.2. The second kappa shape index (κ2) is 6.80. The quantitative estimate of drug-likeness (QED) is 0.875. The van der Waals surface area contributed by atoms with Crippen molar-refractivity contribution < 1.29 is 9.59 Å². The van der Waals surface area contributed by atoms with E-state index in [2.05, 4.69) is 53.2 Å². The molecule has 4 atom stereocenters. The average Bonchev–Trinajstić information content (AvgIpc) is 3.02. The van der Waals surface area contributed by atoms with Crippen LogP contribution in [0.1, 0.15) is 25.8 Å². The highest BCUT2D eigenvalue weighted by molar-refractivity contribution is 6.00. The summed E-state index contributed by atoms with van der Waals surface area (Å²) in [6.07, 6.45) is 0.394. The van der Waals surface area contributed by atoms with Crippen LogP contribution in [0.4, 0.5) is 10.5 Å². The molecule has 1 aromatic rings. The maximum absolute atomic E-state index is 13.2. The molecule has 7 nitrogen and oxygen atoms in total. The monoisotopic (exact) mass is 371 g/mol. The number of fused-ring (bicyclic) bond motifs is 3. The lowest BCUT2D eigenvalue weighted by atomic mass is 10.0. The summed E-state index contributed by atoms with van der Waals surface area (Å²) in [5.74, 6) is 0.357. The second-order valence-electron chi connectivity index (χ2n) is 8.11. The average molecular weight is 371 g/mol. The summed E-state index contributed by atoms with van der Waals surface area (Å²) in [5.41, 5.74) is 2.36. The molecule has 3 fully saturated rings. The third-order valence-corrected chi connectivity index (χ3v) is 5.87. The minimum absolute atomic E-state index is 0.0711. The number of likely N-dealkylation sites (N-methyl/N-ethyl adjacent to an activating group) is 1. The van der Waals surface area contributed by atoms with Gasteiger partial charge in [-0.1, -0.05) is 26.0 Å². The van der Waals surface area contributed by atoms with Crippen molar-refractivity contribution in [1.82, 2.24) is 20.0 Å². The van der Waals surface area contributed by atoms with E-state index in [9.17, 15) is 9.59 Å². The van der Waals surface area contributed by atoms with E-state index in [4.69, 9.17) is 0 Å². The highest BCUT2D eigenvalue weighted by Crippen LogP contribution is 2.34. The Kier molecular flexibility index (Phi) is 4.60. The van der Waals surface area contributed by atoms with Gasteiger partial charge >= 0.3 is 6.03 Å². The zero-order valence-electron chi connectivity index (χ0n) is 16.6. The van der Waals surface area contributed by atoms with Crippen molar-refractivity contribution in [1.29, 1.82) is 0 Å². The lowest BCUT2D eigenvalue weighted by Gasteiger charge is -2.46. The SMILES string of the molecule is CCCN1C(=O)C2C(NC3N(c4cccc(C)c4)CC(C)CN23)N(C)C1=O. The Balaban J connectivity index is 1.69. The second-order valence-corrected chi connectivity index (χ2v) is 8.11. The number of hydrogen-bond donors (Lipinski definition) is 1. The number of aryl methyl sites for hydroxylation is 1. The van der Waals surface area contributed by atoms with Crippen LogP contribution >= 0.6 is 0 Å². The van der Waals surface area contributed by atoms with Gasteiger partial charge in [0.2, 0.25) is 0 Å².